The summed E-state index contributed by atoms with van der Waals surface area (Å²) in [4.78, 5) is 0. The fourth-order valence-electron chi connectivity index (χ4n) is 9.92. The summed E-state index contributed by atoms with van der Waals surface area (Å²) >= 11 is 0. The maximum Gasteiger partial charge on any atom is 0.126 e. The van der Waals surface area contributed by atoms with Gasteiger partial charge in [-0.2, -0.15) is 0 Å². The van der Waals surface area contributed by atoms with E-state index in [1.807, 2.05) is 0 Å². The molecule has 0 amide bonds. The highest BCUT2D eigenvalue weighted by Gasteiger charge is 2.19. The summed E-state index contributed by atoms with van der Waals surface area (Å²) in [6, 6.07) is 82.8. The second kappa shape index (κ2) is 16.2. The number of nitrogens with zero attached hydrogens (tertiary/aromatic N) is 2. The van der Waals surface area contributed by atoms with Crippen molar-refractivity contribution in [3.05, 3.63) is 231 Å². The van der Waals surface area contributed by atoms with Gasteiger partial charge in [0.15, 0.2) is 0 Å². The fraction of sp³-hybridized carbons (Fsp3) is 0.0323. The molecular formula is C62H44N2O2. The zero-order chi connectivity index (χ0) is 44.1. The van der Waals surface area contributed by atoms with E-state index in [0.29, 0.717) is 0 Å². The second-order valence-electron chi connectivity index (χ2n) is 16.8. The third kappa shape index (κ3) is 6.62. The van der Waals surface area contributed by atoms with Gasteiger partial charge < -0.3 is 18.6 Å². The van der Waals surface area contributed by atoms with Gasteiger partial charge in [-0.3, -0.25) is 0 Å². The highest BCUT2D eigenvalue weighted by Crippen LogP contribution is 2.43. The third-order valence-electron chi connectivity index (χ3n) is 13.2. The second-order valence-corrected chi connectivity index (χ2v) is 16.8. The molecule has 0 aliphatic carbocycles. The number of hydrogen-bond donors (Lipinski definition) is 0. The van der Waals surface area contributed by atoms with Gasteiger partial charge in [0.2, 0.25) is 0 Å². The van der Waals surface area contributed by atoms with Crippen molar-refractivity contribution in [1.82, 2.24) is 9.13 Å². The summed E-state index contributed by atoms with van der Waals surface area (Å²) in [7, 11) is 3.47. The maximum absolute atomic E-state index is 6.07. The summed E-state index contributed by atoms with van der Waals surface area (Å²) in [6.07, 6.45) is 0. The first-order valence-corrected chi connectivity index (χ1v) is 22.4. The molecule has 0 spiro atoms. The molecule has 0 unspecified atom stereocenters. The Morgan fingerprint density at radius 1 is 0.258 bits per heavy atom. The minimum Gasteiger partial charge on any atom is -0.496 e. The number of para-hydroxylation sites is 2. The van der Waals surface area contributed by atoms with Gasteiger partial charge in [-0.15, -0.1) is 0 Å². The van der Waals surface area contributed by atoms with Crippen LogP contribution < -0.4 is 9.47 Å². The van der Waals surface area contributed by atoms with E-state index in [4.69, 9.17) is 9.47 Å². The zero-order valence-corrected chi connectivity index (χ0v) is 36.7. The Hall–Kier alpha value is -8.60. The maximum atomic E-state index is 6.07. The summed E-state index contributed by atoms with van der Waals surface area (Å²) < 4.78 is 16.9. The van der Waals surface area contributed by atoms with Gasteiger partial charge >= 0.3 is 0 Å². The standard InChI is InChI=1S/C62H44N2O2/c1-65-61-35-27-47(45-25-33-59-53(37-45)51-17-9-11-19-57(51)63(59)49-29-21-43(22-30-49)41-13-5-3-6-14-41)39-55(61)56-40-48(28-36-62(56)66-2)46-26-34-60-54(38-46)52-18-10-12-20-58(52)64(60)50-31-23-44(24-32-50)42-15-7-4-8-16-42/h3-40H,1-2H3. The molecule has 0 bridgehead atoms. The van der Waals surface area contributed by atoms with Gasteiger partial charge in [-0.1, -0.05) is 146 Å². The highest BCUT2D eigenvalue weighted by atomic mass is 16.5. The van der Waals surface area contributed by atoms with Crippen LogP contribution in [-0.2, 0) is 0 Å². The number of aromatic nitrogens is 2. The molecule has 10 aromatic carbocycles. The van der Waals surface area contributed by atoms with Crippen molar-refractivity contribution in [3.8, 4) is 78.5 Å². The first-order valence-electron chi connectivity index (χ1n) is 22.4. The van der Waals surface area contributed by atoms with Crippen molar-refractivity contribution in [3.63, 3.8) is 0 Å². The Morgan fingerprint density at radius 2 is 0.576 bits per heavy atom. The normalized spacial score (nSPS) is 11.5. The molecule has 12 rings (SSSR count). The number of benzene rings is 10. The van der Waals surface area contributed by atoms with E-state index >= 15 is 0 Å². The molecule has 0 N–H and O–H groups in total. The Kier molecular flexibility index (Phi) is 9.57. The molecule has 0 fully saturated rings. The predicted octanol–water partition coefficient (Wildman–Crippen LogP) is 16.2. The number of fused-ring (bicyclic) bond motifs is 6. The Balaban J connectivity index is 0.929. The highest BCUT2D eigenvalue weighted by molar-refractivity contribution is 6.12. The first-order chi connectivity index (χ1) is 32.6. The van der Waals surface area contributed by atoms with Crippen molar-refractivity contribution >= 4 is 43.6 Å². The fourth-order valence-corrected chi connectivity index (χ4v) is 9.92. The van der Waals surface area contributed by atoms with E-state index in [9.17, 15) is 0 Å². The lowest BCUT2D eigenvalue weighted by Gasteiger charge is -2.16. The molecule has 2 aromatic heterocycles. The number of methoxy groups -OCH3 is 2. The van der Waals surface area contributed by atoms with Crippen molar-refractivity contribution in [2.75, 3.05) is 14.2 Å². The predicted molar refractivity (Wildman–Crippen MR) is 275 cm³/mol. The average molecular weight is 849 g/mol. The van der Waals surface area contributed by atoms with E-state index in [2.05, 4.69) is 240 Å². The zero-order valence-electron chi connectivity index (χ0n) is 36.7. The molecule has 0 saturated carbocycles. The van der Waals surface area contributed by atoms with E-state index in [1.54, 1.807) is 14.2 Å². The first kappa shape index (κ1) is 39.0. The van der Waals surface area contributed by atoms with Crippen LogP contribution >= 0.6 is 0 Å². The molecule has 4 nitrogen and oxygen atoms in total. The molecule has 0 aliphatic rings. The monoisotopic (exact) mass is 848 g/mol. The van der Waals surface area contributed by atoms with Crippen LogP contribution in [0.25, 0.3) is 111 Å². The molecule has 314 valence electrons. The lowest BCUT2D eigenvalue weighted by molar-refractivity contribution is 0.410. The molecule has 0 saturated heterocycles. The van der Waals surface area contributed by atoms with Gasteiger partial charge in [-0.25, -0.2) is 0 Å². The minimum absolute atomic E-state index is 0.780. The smallest absolute Gasteiger partial charge is 0.126 e. The van der Waals surface area contributed by atoms with E-state index in [-0.39, 0.29) is 0 Å². The van der Waals surface area contributed by atoms with Gasteiger partial charge in [0, 0.05) is 44.0 Å². The van der Waals surface area contributed by atoms with E-state index in [0.717, 1.165) is 67.3 Å². The van der Waals surface area contributed by atoms with Crippen LogP contribution in [-0.4, -0.2) is 23.4 Å². The molecule has 66 heavy (non-hydrogen) atoms. The van der Waals surface area contributed by atoms with Crippen molar-refractivity contribution in [2.45, 2.75) is 0 Å². The van der Waals surface area contributed by atoms with Gasteiger partial charge in [0.05, 0.1) is 36.3 Å². The van der Waals surface area contributed by atoms with Crippen LogP contribution in [0.15, 0.2) is 231 Å². The summed E-state index contributed by atoms with van der Waals surface area (Å²) in [6.45, 7) is 0. The molecule has 4 heteroatoms. The van der Waals surface area contributed by atoms with E-state index < -0.39 is 0 Å². The van der Waals surface area contributed by atoms with E-state index in [1.165, 1.54) is 54.8 Å². The molecule has 0 aliphatic heterocycles. The van der Waals surface area contributed by atoms with Gasteiger partial charge in [0.25, 0.3) is 0 Å². The minimum atomic E-state index is 0.780. The van der Waals surface area contributed by atoms with Crippen LogP contribution in [0.3, 0.4) is 0 Å². The molecule has 2 heterocycles. The number of hydrogen-bond acceptors (Lipinski definition) is 2. The van der Waals surface area contributed by atoms with Crippen LogP contribution in [0.4, 0.5) is 0 Å². The topological polar surface area (TPSA) is 28.3 Å². The Morgan fingerprint density at radius 3 is 0.985 bits per heavy atom. The quantitative estimate of drug-likeness (QED) is 0.145. The van der Waals surface area contributed by atoms with Crippen LogP contribution in [0.1, 0.15) is 0 Å². The van der Waals surface area contributed by atoms with Crippen molar-refractivity contribution in [1.29, 1.82) is 0 Å². The lowest BCUT2D eigenvalue weighted by Crippen LogP contribution is -1.95. The average Bonchev–Trinajstić information content (AvgIpc) is 3.91. The van der Waals surface area contributed by atoms with Crippen molar-refractivity contribution in [2.24, 2.45) is 0 Å². The molecule has 12 aromatic rings. The molecule has 0 radical (unpaired) electrons. The van der Waals surface area contributed by atoms with Gasteiger partial charge in [0.1, 0.15) is 11.5 Å². The lowest BCUT2D eigenvalue weighted by atomic mass is 9.94. The Labute approximate surface area is 383 Å². The SMILES string of the molecule is COc1ccc(-c2ccc3c(c2)c2ccccc2n3-c2ccc(-c3ccccc3)cc2)cc1-c1cc(-c2ccc3c(c2)c2ccccc2n3-c2ccc(-c3ccccc3)cc2)ccc1OC. The largest absolute Gasteiger partial charge is 0.496 e. The van der Waals surface area contributed by atoms with Crippen LogP contribution in [0.2, 0.25) is 0 Å². The number of ether oxygens (including phenoxy) is 2. The summed E-state index contributed by atoms with van der Waals surface area (Å²) in [5.41, 5.74) is 18.1. The molecule has 0 atom stereocenters. The Bertz CT molecular complexity index is 3500. The third-order valence-corrected chi connectivity index (χ3v) is 13.2. The summed E-state index contributed by atoms with van der Waals surface area (Å²) in [5.74, 6) is 1.56. The van der Waals surface area contributed by atoms with Gasteiger partial charge in [-0.05, 0) is 129 Å². The number of rotatable bonds is 9. The van der Waals surface area contributed by atoms with Crippen LogP contribution in [0, 0.1) is 0 Å². The van der Waals surface area contributed by atoms with Crippen LogP contribution in [0.5, 0.6) is 11.5 Å². The molecular weight excluding hydrogens is 805 g/mol. The summed E-state index contributed by atoms with van der Waals surface area (Å²) in [5, 5.41) is 4.83. The van der Waals surface area contributed by atoms with Crippen molar-refractivity contribution < 1.29 is 9.47 Å².